The Morgan fingerprint density at radius 1 is 1.29 bits per heavy atom. The molecule has 0 spiro atoms. The summed E-state index contributed by atoms with van der Waals surface area (Å²) >= 11 is 0. The third-order valence-electron chi connectivity index (χ3n) is 3.86. The van der Waals surface area contributed by atoms with Gasteiger partial charge in [0.25, 0.3) is 0 Å². The Morgan fingerprint density at radius 3 is 2.48 bits per heavy atom. The quantitative estimate of drug-likeness (QED) is 0.718. The molecule has 21 heavy (non-hydrogen) atoms. The van der Waals surface area contributed by atoms with Crippen molar-refractivity contribution in [2.75, 3.05) is 46.8 Å². The maximum Gasteiger partial charge on any atom is 0.397 e. The highest BCUT2D eigenvalue weighted by molar-refractivity contribution is 5.76. The predicted octanol–water partition coefficient (Wildman–Crippen LogP) is 1.81. The summed E-state index contributed by atoms with van der Waals surface area (Å²) in [6.07, 6.45) is -3.80. The van der Waals surface area contributed by atoms with Crippen LogP contribution in [0.5, 0.6) is 0 Å². The number of hydrogen-bond donors (Lipinski definition) is 0. The van der Waals surface area contributed by atoms with E-state index < -0.39 is 18.5 Å². The van der Waals surface area contributed by atoms with Crippen LogP contribution >= 0.6 is 0 Å². The molecule has 0 bridgehead atoms. The molecule has 0 N–H and O–H groups in total. The summed E-state index contributed by atoms with van der Waals surface area (Å²) < 4.78 is 37.4. The standard InChI is InChI=1S/C14H26F3N3O/c1-4-19-7-5-6-12(19)11-20(9-8-18(2)3)13(21)10-14(15,16)17/h12H,4-11H2,1-3H3. The normalized spacial score (nSPS) is 20.2. The molecule has 7 heteroatoms. The molecule has 1 atom stereocenters. The van der Waals surface area contributed by atoms with Crippen LogP contribution in [0.3, 0.4) is 0 Å². The van der Waals surface area contributed by atoms with Crippen molar-refractivity contribution in [3.63, 3.8) is 0 Å². The first-order valence-corrected chi connectivity index (χ1v) is 7.46. The van der Waals surface area contributed by atoms with Crippen molar-refractivity contribution in [2.24, 2.45) is 0 Å². The Bertz CT molecular complexity index is 334. The lowest BCUT2D eigenvalue weighted by Gasteiger charge is -2.31. The molecule has 4 nitrogen and oxygen atoms in total. The van der Waals surface area contributed by atoms with Gasteiger partial charge >= 0.3 is 6.18 Å². The SMILES string of the molecule is CCN1CCCC1CN(CCN(C)C)C(=O)CC(F)(F)F. The second-order valence-corrected chi connectivity index (χ2v) is 5.86. The van der Waals surface area contributed by atoms with Crippen molar-refractivity contribution >= 4 is 5.91 Å². The van der Waals surface area contributed by atoms with Crippen LogP contribution in [0.15, 0.2) is 0 Å². The van der Waals surface area contributed by atoms with Crippen LogP contribution in [0.25, 0.3) is 0 Å². The van der Waals surface area contributed by atoms with Gasteiger partial charge in [-0.2, -0.15) is 13.2 Å². The van der Waals surface area contributed by atoms with E-state index in [1.807, 2.05) is 25.9 Å². The Kier molecular flexibility index (Phi) is 6.93. The van der Waals surface area contributed by atoms with Crippen molar-refractivity contribution in [3.05, 3.63) is 0 Å². The van der Waals surface area contributed by atoms with Crippen LogP contribution in [0.1, 0.15) is 26.2 Å². The Labute approximate surface area is 124 Å². The van der Waals surface area contributed by atoms with E-state index in [1.54, 1.807) is 0 Å². The number of rotatable bonds is 7. The number of carbonyl (C=O) groups is 1. The van der Waals surface area contributed by atoms with Gasteiger partial charge in [-0.1, -0.05) is 6.92 Å². The lowest BCUT2D eigenvalue weighted by Crippen LogP contribution is -2.46. The lowest BCUT2D eigenvalue weighted by atomic mass is 10.2. The highest BCUT2D eigenvalue weighted by atomic mass is 19.4. The number of likely N-dealkylation sites (N-methyl/N-ethyl adjacent to an activating group) is 2. The summed E-state index contributed by atoms with van der Waals surface area (Å²) in [4.78, 5) is 17.4. The van der Waals surface area contributed by atoms with Gasteiger partial charge in [0.2, 0.25) is 5.91 Å². The van der Waals surface area contributed by atoms with Gasteiger partial charge in [0.15, 0.2) is 0 Å². The molecule has 1 unspecified atom stereocenters. The summed E-state index contributed by atoms with van der Waals surface area (Å²) in [5.74, 6) is -0.813. The molecule has 1 heterocycles. The van der Waals surface area contributed by atoms with Crippen LogP contribution in [0.4, 0.5) is 13.2 Å². The van der Waals surface area contributed by atoms with Crippen LogP contribution in [-0.4, -0.2) is 79.6 Å². The van der Waals surface area contributed by atoms with E-state index in [2.05, 4.69) is 4.90 Å². The number of carbonyl (C=O) groups excluding carboxylic acids is 1. The fourth-order valence-electron chi connectivity index (χ4n) is 2.69. The van der Waals surface area contributed by atoms with E-state index in [0.717, 1.165) is 25.9 Å². The van der Waals surface area contributed by atoms with Gasteiger partial charge in [-0.25, -0.2) is 0 Å². The maximum atomic E-state index is 12.5. The smallest absolute Gasteiger partial charge is 0.340 e. The number of likely N-dealkylation sites (tertiary alicyclic amines) is 1. The van der Waals surface area contributed by atoms with Gasteiger partial charge in [0.05, 0.1) is 0 Å². The molecule has 1 rings (SSSR count). The third kappa shape index (κ3) is 6.65. The molecule has 0 radical (unpaired) electrons. The van der Waals surface area contributed by atoms with E-state index >= 15 is 0 Å². The molecule has 0 aromatic rings. The molecule has 1 aliphatic heterocycles. The molecule has 1 aliphatic rings. The molecule has 124 valence electrons. The second-order valence-electron chi connectivity index (χ2n) is 5.86. The molecule has 0 aromatic heterocycles. The van der Waals surface area contributed by atoms with Gasteiger partial charge in [-0.05, 0) is 40.0 Å². The van der Waals surface area contributed by atoms with Crippen molar-refractivity contribution in [1.29, 1.82) is 0 Å². The molecule has 1 saturated heterocycles. The van der Waals surface area contributed by atoms with E-state index in [9.17, 15) is 18.0 Å². The van der Waals surface area contributed by atoms with Crippen LogP contribution in [0.2, 0.25) is 0 Å². The van der Waals surface area contributed by atoms with E-state index in [0.29, 0.717) is 19.6 Å². The van der Waals surface area contributed by atoms with Crippen LogP contribution in [0, 0.1) is 0 Å². The average molecular weight is 309 g/mol. The number of amides is 1. The minimum atomic E-state index is -4.44. The minimum absolute atomic E-state index is 0.189. The first-order chi connectivity index (χ1) is 9.73. The van der Waals surface area contributed by atoms with Crippen LogP contribution < -0.4 is 0 Å². The monoisotopic (exact) mass is 309 g/mol. The van der Waals surface area contributed by atoms with Crippen LogP contribution in [-0.2, 0) is 4.79 Å². The summed E-state index contributed by atoms with van der Waals surface area (Å²) in [5, 5.41) is 0. The van der Waals surface area contributed by atoms with Gasteiger partial charge in [0.1, 0.15) is 6.42 Å². The van der Waals surface area contributed by atoms with Crippen molar-refractivity contribution in [1.82, 2.24) is 14.7 Å². The lowest BCUT2D eigenvalue weighted by molar-refractivity contribution is -0.162. The van der Waals surface area contributed by atoms with E-state index in [-0.39, 0.29) is 6.04 Å². The number of halogens is 3. The van der Waals surface area contributed by atoms with Gasteiger partial charge in [-0.15, -0.1) is 0 Å². The van der Waals surface area contributed by atoms with Crippen molar-refractivity contribution < 1.29 is 18.0 Å². The second kappa shape index (κ2) is 7.98. The molecule has 1 fully saturated rings. The van der Waals surface area contributed by atoms with E-state index in [1.165, 1.54) is 4.90 Å². The first kappa shape index (κ1) is 18.2. The highest BCUT2D eigenvalue weighted by Gasteiger charge is 2.35. The Hall–Kier alpha value is -0.820. The van der Waals surface area contributed by atoms with Gasteiger partial charge in [-0.3, -0.25) is 9.69 Å². The highest BCUT2D eigenvalue weighted by Crippen LogP contribution is 2.22. The summed E-state index contributed by atoms with van der Waals surface area (Å²) in [6.45, 7) is 5.20. The number of hydrogen-bond acceptors (Lipinski definition) is 3. The molecular weight excluding hydrogens is 283 g/mol. The topological polar surface area (TPSA) is 26.8 Å². The zero-order valence-electron chi connectivity index (χ0n) is 13.1. The number of alkyl halides is 3. The predicted molar refractivity (Wildman–Crippen MR) is 76.1 cm³/mol. The number of nitrogens with zero attached hydrogens (tertiary/aromatic N) is 3. The summed E-state index contributed by atoms with van der Waals surface area (Å²) in [7, 11) is 3.70. The Balaban J connectivity index is 2.65. The zero-order chi connectivity index (χ0) is 16.0. The van der Waals surface area contributed by atoms with Crippen molar-refractivity contribution in [2.45, 2.75) is 38.4 Å². The molecule has 0 aliphatic carbocycles. The van der Waals surface area contributed by atoms with E-state index in [4.69, 9.17) is 0 Å². The Morgan fingerprint density at radius 2 is 1.95 bits per heavy atom. The summed E-state index contributed by atoms with van der Waals surface area (Å²) in [6, 6.07) is 0.189. The largest absolute Gasteiger partial charge is 0.397 e. The zero-order valence-corrected chi connectivity index (χ0v) is 13.1. The molecular formula is C14H26F3N3O. The molecule has 0 aromatic carbocycles. The fourth-order valence-corrected chi connectivity index (χ4v) is 2.69. The third-order valence-corrected chi connectivity index (χ3v) is 3.86. The van der Waals surface area contributed by atoms with Gasteiger partial charge < -0.3 is 9.80 Å². The average Bonchev–Trinajstić information content (AvgIpc) is 2.78. The fraction of sp³-hybridized carbons (Fsp3) is 0.929. The van der Waals surface area contributed by atoms with Crippen molar-refractivity contribution in [3.8, 4) is 0 Å². The maximum absolute atomic E-state index is 12.5. The molecule has 0 saturated carbocycles. The summed E-state index contributed by atoms with van der Waals surface area (Å²) in [5.41, 5.74) is 0. The minimum Gasteiger partial charge on any atom is -0.340 e. The molecule has 1 amide bonds. The first-order valence-electron chi connectivity index (χ1n) is 7.46. The van der Waals surface area contributed by atoms with Gasteiger partial charge in [0, 0.05) is 25.7 Å².